The molecule has 18 heavy (non-hydrogen) atoms. The molecule has 0 saturated carbocycles. The molecule has 1 heterocycles. The molecule has 1 N–H and O–H groups in total. The van der Waals surface area contributed by atoms with Gasteiger partial charge in [-0.3, -0.25) is 0 Å². The average Bonchev–Trinajstić information content (AvgIpc) is 2.72. The molecule has 0 spiro atoms. The molecule has 0 aliphatic heterocycles. The molecule has 1 rings (SSSR count). The van der Waals surface area contributed by atoms with E-state index in [1.54, 1.807) is 0 Å². The van der Waals surface area contributed by atoms with E-state index in [1.807, 2.05) is 11.3 Å². The summed E-state index contributed by atoms with van der Waals surface area (Å²) in [5.41, 5.74) is 0.685. The van der Waals surface area contributed by atoms with Crippen LogP contribution in [0.25, 0.3) is 0 Å². The molecule has 0 aliphatic rings. The van der Waals surface area contributed by atoms with Crippen LogP contribution in [0.5, 0.6) is 0 Å². The van der Waals surface area contributed by atoms with Gasteiger partial charge in [0.15, 0.2) is 0 Å². The number of hydrogen-bond donors (Lipinski definition) is 1. The molecule has 0 saturated heterocycles. The lowest BCUT2D eigenvalue weighted by atomic mass is 9.87. The van der Waals surface area contributed by atoms with Gasteiger partial charge >= 0.3 is 0 Å². The topological polar surface area (TPSA) is 12.0 Å². The minimum Gasteiger partial charge on any atom is -0.316 e. The molecule has 0 aliphatic carbocycles. The molecule has 104 valence electrons. The van der Waals surface area contributed by atoms with Gasteiger partial charge in [0, 0.05) is 16.3 Å². The lowest BCUT2D eigenvalue weighted by Crippen LogP contribution is -2.29. The third kappa shape index (κ3) is 5.11. The Bertz CT molecular complexity index is 357. The molecule has 0 bridgehead atoms. The van der Waals surface area contributed by atoms with Crippen LogP contribution >= 0.6 is 11.3 Å². The summed E-state index contributed by atoms with van der Waals surface area (Å²) in [6.45, 7) is 15.9. The summed E-state index contributed by atoms with van der Waals surface area (Å²) in [6.07, 6.45) is 2.46. The first-order valence-electron chi connectivity index (χ1n) is 7.04. The highest BCUT2D eigenvalue weighted by atomic mass is 32.1. The summed E-state index contributed by atoms with van der Waals surface area (Å²) in [6, 6.07) is 4.62. The number of nitrogens with one attached hydrogen (secondary N) is 1. The third-order valence-electron chi connectivity index (χ3n) is 3.30. The third-order valence-corrected chi connectivity index (χ3v) is 4.87. The number of aryl methyl sites for hydroxylation is 1. The predicted octanol–water partition coefficient (Wildman–Crippen LogP) is 4.61. The van der Waals surface area contributed by atoms with Crippen molar-refractivity contribution in [2.24, 2.45) is 5.41 Å². The summed E-state index contributed by atoms with van der Waals surface area (Å²) in [7, 11) is 0. The fourth-order valence-corrected chi connectivity index (χ4v) is 2.99. The number of rotatable bonds is 6. The molecule has 0 amide bonds. The van der Waals surface area contributed by atoms with Crippen molar-refractivity contribution in [1.82, 2.24) is 5.32 Å². The first-order chi connectivity index (χ1) is 8.24. The molecule has 2 heteroatoms. The van der Waals surface area contributed by atoms with Gasteiger partial charge in [0.1, 0.15) is 0 Å². The van der Waals surface area contributed by atoms with E-state index >= 15 is 0 Å². The van der Waals surface area contributed by atoms with Gasteiger partial charge in [-0.05, 0) is 42.3 Å². The van der Waals surface area contributed by atoms with Crippen LogP contribution in [0.4, 0.5) is 0 Å². The van der Waals surface area contributed by atoms with E-state index in [0.29, 0.717) is 10.8 Å². The largest absolute Gasteiger partial charge is 0.316 e. The summed E-state index contributed by atoms with van der Waals surface area (Å²) >= 11 is 1.98. The Morgan fingerprint density at radius 1 is 1.11 bits per heavy atom. The van der Waals surface area contributed by atoms with Crippen molar-refractivity contribution >= 4 is 11.3 Å². The molecule has 1 nitrogen and oxygen atoms in total. The lowest BCUT2D eigenvalue weighted by molar-refractivity contribution is 0.318. The molecule has 1 aromatic heterocycles. The monoisotopic (exact) mass is 267 g/mol. The first kappa shape index (κ1) is 15.7. The highest BCUT2D eigenvalue weighted by molar-refractivity contribution is 7.12. The normalized spacial score (nSPS) is 13.0. The van der Waals surface area contributed by atoms with Gasteiger partial charge in [-0.2, -0.15) is 0 Å². The average molecular weight is 267 g/mol. The zero-order valence-electron chi connectivity index (χ0n) is 12.9. The van der Waals surface area contributed by atoms with Gasteiger partial charge in [-0.1, -0.05) is 41.5 Å². The van der Waals surface area contributed by atoms with E-state index in [4.69, 9.17) is 0 Å². The van der Waals surface area contributed by atoms with E-state index in [-0.39, 0.29) is 0 Å². The zero-order chi connectivity index (χ0) is 13.8. The van der Waals surface area contributed by atoms with Gasteiger partial charge < -0.3 is 5.32 Å². The van der Waals surface area contributed by atoms with Gasteiger partial charge in [0.05, 0.1) is 0 Å². The Labute approximate surface area is 117 Å². The van der Waals surface area contributed by atoms with Crippen LogP contribution in [0, 0.1) is 5.41 Å². The van der Waals surface area contributed by atoms with Crippen LogP contribution in [0.2, 0.25) is 0 Å². The summed E-state index contributed by atoms with van der Waals surface area (Å²) in [5.74, 6) is 0. The second-order valence-electron chi connectivity index (χ2n) is 6.96. The Morgan fingerprint density at radius 3 is 2.28 bits per heavy atom. The Hall–Kier alpha value is -0.340. The number of thiophene rings is 1. The Kier molecular flexibility index (Phi) is 5.42. The maximum Gasteiger partial charge on any atom is 0.0102 e. The van der Waals surface area contributed by atoms with Crippen molar-refractivity contribution in [3.05, 3.63) is 21.9 Å². The Balaban J connectivity index is 2.51. The maximum atomic E-state index is 3.46. The smallest absolute Gasteiger partial charge is 0.0102 e. The van der Waals surface area contributed by atoms with Gasteiger partial charge in [0.25, 0.3) is 0 Å². The first-order valence-corrected chi connectivity index (χ1v) is 7.86. The molecule has 0 unspecified atom stereocenters. The predicted molar refractivity (Wildman–Crippen MR) is 83.7 cm³/mol. The van der Waals surface area contributed by atoms with Crippen molar-refractivity contribution in [2.75, 3.05) is 13.1 Å². The van der Waals surface area contributed by atoms with Crippen molar-refractivity contribution in [3.8, 4) is 0 Å². The van der Waals surface area contributed by atoms with E-state index in [1.165, 1.54) is 22.6 Å². The Morgan fingerprint density at radius 2 is 1.78 bits per heavy atom. The SMILES string of the molecule is CCNCC(C)(C)CCc1ccc(C(C)(C)C)s1. The van der Waals surface area contributed by atoms with E-state index in [9.17, 15) is 0 Å². The minimum absolute atomic E-state index is 0.294. The highest BCUT2D eigenvalue weighted by Gasteiger charge is 2.19. The second-order valence-corrected chi connectivity index (χ2v) is 8.13. The van der Waals surface area contributed by atoms with Gasteiger partial charge in [-0.15, -0.1) is 11.3 Å². The lowest BCUT2D eigenvalue weighted by Gasteiger charge is -2.24. The van der Waals surface area contributed by atoms with Gasteiger partial charge in [0.2, 0.25) is 0 Å². The maximum absolute atomic E-state index is 3.46. The van der Waals surface area contributed by atoms with Crippen LogP contribution in [0.15, 0.2) is 12.1 Å². The van der Waals surface area contributed by atoms with Crippen LogP contribution in [-0.2, 0) is 11.8 Å². The molecule has 0 atom stereocenters. The summed E-state index contributed by atoms with van der Waals surface area (Å²) in [5, 5.41) is 3.46. The molecular weight excluding hydrogens is 238 g/mol. The molecule has 0 aromatic carbocycles. The molecule has 1 aromatic rings. The van der Waals surface area contributed by atoms with Crippen LogP contribution in [-0.4, -0.2) is 13.1 Å². The van der Waals surface area contributed by atoms with Gasteiger partial charge in [-0.25, -0.2) is 0 Å². The fourth-order valence-electron chi connectivity index (χ4n) is 1.93. The molecule has 0 radical (unpaired) electrons. The van der Waals surface area contributed by atoms with Crippen molar-refractivity contribution < 1.29 is 0 Å². The quantitative estimate of drug-likeness (QED) is 0.793. The number of hydrogen-bond acceptors (Lipinski definition) is 2. The molecular formula is C16H29NS. The van der Waals surface area contributed by atoms with Crippen LogP contribution in [0.1, 0.15) is 57.7 Å². The van der Waals surface area contributed by atoms with E-state index in [0.717, 1.165) is 13.1 Å². The summed E-state index contributed by atoms with van der Waals surface area (Å²) in [4.78, 5) is 3.03. The van der Waals surface area contributed by atoms with Crippen LogP contribution in [0.3, 0.4) is 0 Å². The van der Waals surface area contributed by atoms with Crippen LogP contribution < -0.4 is 5.32 Å². The molecule has 0 fully saturated rings. The minimum atomic E-state index is 0.294. The highest BCUT2D eigenvalue weighted by Crippen LogP contribution is 2.31. The second kappa shape index (κ2) is 6.21. The van der Waals surface area contributed by atoms with Crippen molar-refractivity contribution in [3.63, 3.8) is 0 Å². The standard InChI is InChI=1S/C16H29NS/c1-7-17-12-16(5,6)11-10-13-8-9-14(18-13)15(2,3)4/h8-9,17H,7,10-12H2,1-6H3. The fraction of sp³-hybridized carbons (Fsp3) is 0.750. The van der Waals surface area contributed by atoms with E-state index < -0.39 is 0 Å². The zero-order valence-corrected chi connectivity index (χ0v) is 13.7. The van der Waals surface area contributed by atoms with Crippen molar-refractivity contribution in [1.29, 1.82) is 0 Å². The van der Waals surface area contributed by atoms with Crippen molar-refractivity contribution in [2.45, 2.75) is 59.8 Å². The summed E-state index contributed by atoms with van der Waals surface area (Å²) < 4.78 is 0. The van der Waals surface area contributed by atoms with E-state index in [2.05, 4.69) is 59.0 Å².